The predicted molar refractivity (Wildman–Crippen MR) is 89.0 cm³/mol. The summed E-state index contributed by atoms with van der Waals surface area (Å²) in [5.74, 6) is 0.607. The summed E-state index contributed by atoms with van der Waals surface area (Å²) < 4.78 is 1.13. The lowest BCUT2D eigenvalue weighted by Crippen LogP contribution is -2.37. The fraction of sp³-hybridized carbons (Fsp3) is 0.294. The van der Waals surface area contributed by atoms with Crippen LogP contribution in [-0.4, -0.2) is 43.5 Å². The van der Waals surface area contributed by atoms with Crippen LogP contribution in [0.3, 0.4) is 0 Å². The van der Waals surface area contributed by atoms with Gasteiger partial charge in [0.05, 0.1) is 6.20 Å². The summed E-state index contributed by atoms with van der Waals surface area (Å²) >= 11 is 0. The van der Waals surface area contributed by atoms with Crippen molar-refractivity contribution in [1.82, 2.24) is 24.4 Å². The first-order valence-electron chi connectivity index (χ1n) is 8.02. The standard InChI is InChI=1S/C17H17N5O2/c23-16-20-15-13(22(16)17(24)21-8-4-5-9-21)11-18-14(19-15)10-12-6-2-1-3-7-12/h1-3,6-7,11H,4-5,8-10H2,(H,18,19,20,23). The minimum atomic E-state index is -0.465. The van der Waals surface area contributed by atoms with E-state index in [9.17, 15) is 9.59 Å². The van der Waals surface area contributed by atoms with E-state index < -0.39 is 5.69 Å². The Hall–Kier alpha value is -2.96. The van der Waals surface area contributed by atoms with Crippen molar-refractivity contribution < 1.29 is 4.79 Å². The number of likely N-dealkylation sites (tertiary alicyclic amines) is 1. The summed E-state index contributed by atoms with van der Waals surface area (Å²) in [6, 6.07) is 9.57. The van der Waals surface area contributed by atoms with E-state index in [0.717, 1.165) is 23.0 Å². The number of hydrogen-bond acceptors (Lipinski definition) is 4. The van der Waals surface area contributed by atoms with E-state index in [2.05, 4.69) is 15.0 Å². The molecule has 0 unspecified atom stereocenters. The number of aromatic nitrogens is 4. The highest BCUT2D eigenvalue weighted by atomic mass is 16.2. The Balaban J connectivity index is 1.69. The van der Waals surface area contributed by atoms with E-state index in [1.54, 1.807) is 11.1 Å². The van der Waals surface area contributed by atoms with Crippen molar-refractivity contribution in [2.24, 2.45) is 0 Å². The topological polar surface area (TPSA) is 83.9 Å². The summed E-state index contributed by atoms with van der Waals surface area (Å²) in [7, 11) is 0. The summed E-state index contributed by atoms with van der Waals surface area (Å²) in [5.41, 5.74) is 1.45. The lowest BCUT2D eigenvalue weighted by molar-refractivity contribution is 0.210. The van der Waals surface area contributed by atoms with Crippen LogP contribution in [0.2, 0.25) is 0 Å². The highest BCUT2D eigenvalue weighted by molar-refractivity contribution is 5.87. The van der Waals surface area contributed by atoms with Gasteiger partial charge in [0.1, 0.15) is 11.3 Å². The highest BCUT2D eigenvalue weighted by Gasteiger charge is 2.23. The number of aromatic amines is 1. The number of carbonyl (C=O) groups excluding carboxylic acids is 1. The van der Waals surface area contributed by atoms with Gasteiger partial charge in [-0.25, -0.2) is 24.1 Å². The molecular formula is C17H17N5O2. The number of fused-ring (bicyclic) bond motifs is 1. The number of nitrogens with one attached hydrogen (secondary N) is 1. The highest BCUT2D eigenvalue weighted by Crippen LogP contribution is 2.13. The lowest BCUT2D eigenvalue weighted by atomic mass is 10.1. The fourth-order valence-corrected chi connectivity index (χ4v) is 3.04. The first kappa shape index (κ1) is 14.6. The zero-order valence-corrected chi connectivity index (χ0v) is 13.1. The van der Waals surface area contributed by atoms with Crippen LogP contribution in [0.25, 0.3) is 11.2 Å². The van der Waals surface area contributed by atoms with E-state index >= 15 is 0 Å². The van der Waals surface area contributed by atoms with Crippen LogP contribution in [0.15, 0.2) is 41.3 Å². The van der Waals surface area contributed by atoms with Crippen molar-refractivity contribution in [3.05, 3.63) is 58.4 Å². The Morgan fingerprint density at radius 3 is 2.67 bits per heavy atom. The van der Waals surface area contributed by atoms with Gasteiger partial charge in [0, 0.05) is 19.5 Å². The van der Waals surface area contributed by atoms with Crippen molar-refractivity contribution in [1.29, 1.82) is 0 Å². The molecule has 1 aliphatic rings. The molecule has 0 spiro atoms. The molecule has 7 nitrogen and oxygen atoms in total. The molecular weight excluding hydrogens is 306 g/mol. The maximum absolute atomic E-state index is 12.5. The molecule has 24 heavy (non-hydrogen) atoms. The molecule has 1 amide bonds. The van der Waals surface area contributed by atoms with Gasteiger partial charge in [0.25, 0.3) is 0 Å². The normalized spacial score (nSPS) is 14.4. The van der Waals surface area contributed by atoms with Gasteiger partial charge in [-0.15, -0.1) is 0 Å². The number of nitrogens with zero attached hydrogens (tertiary/aromatic N) is 4. The van der Waals surface area contributed by atoms with Crippen LogP contribution in [0.1, 0.15) is 24.2 Å². The second kappa shape index (κ2) is 5.92. The van der Waals surface area contributed by atoms with Gasteiger partial charge in [-0.2, -0.15) is 0 Å². The smallest absolute Gasteiger partial charge is 0.324 e. The molecule has 0 saturated carbocycles. The second-order valence-corrected chi connectivity index (χ2v) is 5.92. The molecule has 1 aromatic carbocycles. The van der Waals surface area contributed by atoms with Gasteiger partial charge < -0.3 is 4.90 Å². The number of carbonyl (C=O) groups is 1. The Bertz CT molecular complexity index is 939. The third-order valence-corrected chi connectivity index (χ3v) is 4.26. The van der Waals surface area contributed by atoms with Crippen molar-refractivity contribution in [3.63, 3.8) is 0 Å². The van der Waals surface area contributed by atoms with Crippen LogP contribution in [-0.2, 0) is 6.42 Å². The molecule has 0 atom stereocenters. The predicted octanol–water partition coefficient (Wildman–Crippen LogP) is 1.77. The maximum Gasteiger partial charge on any atom is 0.336 e. The van der Waals surface area contributed by atoms with Crippen molar-refractivity contribution >= 4 is 17.2 Å². The van der Waals surface area contributed by atoms with Gasteiger partial charge >= 0.3 is 11.7 Å². The Labute approximate surface area is 138 Å². The molecule has 0 radical (unpaired) electrons. The number of amides is 1. The second-order valence-electron chi connectivity index (χ2n) is 5.92. The molecule has 3 aromatic rings. The largest absolute Gasteiger partial charge is 0.336 e. The average molecular weight is 323 g/mol. The van der Waals surface area contributed by atoms with Crippen LogP contribution in [0.5, 0.6) is 0 Å². The van der Waals surface area contributed by atoms with E-state index in [1.165, 1.54) is 0 Å². The van der Waals surface area contributed by atoms with Crippen LogP contribution >= 0.6 is 0 Å². The minimum Gasteiger partial charge on any atom is -0.324 e. The molecule has 1 N–H and O–H groups in total. The lowest BCUT2D eigenvalue weighted by Gasteiger charge is -2.14. The van der Waals surface area contributed by atoms with E-state index in [-0.39, 0.29) is 6.03 Å². The van der Waals surface area contributed by atoms with Gasteiger partial charge in [0.15, 0.2) is 5.65 Å². The third-order valence-electron chi connectivity index (χ3n) is 4.26. The van der Waals surface area contributed by atoms with Gasteiger partial charge in [-0.1, -0.05) is 30.3 Å². The quantitative estimate of drug-likeness (QED) is 0.779. The van der Waals surface area contributed by atoms with E-state index in [4.69, 9.17) is 0 Å². The van der Waals surface area contributed by atoms with Gasteiger partial charge in [-0.05, 0) is 18.4 Å². The van der Waals surface area contributed by atoms with Gasteiger partial charge in [-0.3, -0.25) is 4.98 Å². The van der Waals surface area contributed by atoms with Crippen molar-refractivity contribution in [2.75, 3.05) is 13.1 Å². The molecule has 2 aromatic heterocycles. The molecule has 7 heteroatoms. The summed E-state index contributed by atoms with van der Waals surface area (Å²) in [6.07, 6.45) is 4.07. The molecule has 1 aliphatic heterocycles. The molecule has 1 saturated heterocycles. The SMILES string of the molecule is O=C(N1CCCC1)n1c(=O)[nH]c2nc(Cc3ccccc3)ncc21. The van der Waals surface area contributed by atoms with Gasteiger partial charge in [0.2, 0.25) is 0 Å². The van der Waals surface area contributed by atoms with Crippen LogP contribution in [0.4, 0.5) is 4.79 Å². The summed E-state index contributed by atoms with van der Waals surface area (Å²) in [5, 5.41) is 0. The number of imidazole rings is 1. The van der Waals surface area contributed by atoms with Crippen molar-refractivity contribution in [2.45, 2.75) is 19.3 Å². The first-order valence-corrected chi connectivity index (χ1v) is 8.02. The fourth-order valence-electron chi connectivity index (χ4n) is 3.04. The summed E-state index contributed by atoms with van der Waals surface area (Å²) in [4.78, 5) is 37.8. The molecule has 3 heterocycles. The maximum atomic E-state index is 12.5. The zero-order valence-electron chi connectivity index (χ0n) is 13.1. The zero-order chi connectivity index (χ0) is 16.5. The van der Waals surface area contributed by atoms with Crippen LogP contribution in [0, 0.1) is 0 Å². The Morgan fingerprint density at radius 1 is 1.17 bits per heavy atom. The number of rotatable bonds is 2. The molecule has 0 aliphatic carbocycles. The Morgan fingerprint density at radius 2 is 1.92 bits per heavy atom. The molecule has 1 fully saturated rings. The number of hydrogen-bond donors (Lipinski definition) is 1. The number of H-pyrrole nitrogens is 1. The molecule has 122 valence electrons. The Kier molecular flexibility index (Phi) is 3.60. The molecule has 4 rings (SSSR count). The summed E-state index contributed by atoms with van der Waals surface area (Å²) in [6.45, 7) is 1.37. The average Bonchev–Trinajstić information content (AvgIpc) is 3.22. The number of benzene rings is 1. The third kappa shape index (κ3) is 2.58. The van der Waals surface area contributed by atoms with Crippen molar-refractivity contribution in [3.8, 4) is 0 Å². The molecule has 0 bridgehead atoms. The van der Waals surface area contributed by atoms with Crippen LogP contribution < -0.4 is 5.69 Å². The minimum absolute atomic E-state index is 0.303. The van der Waals surface area contributed by atoms with E-state index in [1.807, 2.05) is 30.3 Å². The monoisotopic (exact) mass is 323 g/mol. The first-order chi connectivity index (χ1) is 11.7. The van der Waals surface area contributed by atoms with E-state index in [0.29, 0.717) is 36.5 Å².